The van der Waals surface area contributed by atoms with Crippen LogP contribution in [0.4, 0.5) is 0 Å². The second kappa shape index (κ2) is 5.80. The van der Waals surface area contributed by atoms with Crippen LogP contribution >= 0.6 is 0 Å². The Hall–Kier alpha value is -2.94. The Morgan fingerprint density at radius 3 is 2.80 bits per heavy atom. The Labute approximate surface area is 115 Å². The molecule has 0 aliphatic carbocycles. The summed E-state index contributed by atoms with van der Waals surface area (Å²) in [6.07, 6.45) is 1.50. The Morgan fingerprint density at radius 2 is 2.20 bits per heavy atom. The molecule has 6 nitrogen and oxygen atoms in total. The van der Waals surface area contributed by atoms with Crippen molar-refractivity contribution in [1.82, 2.24) is 9.97 Å². The lowest BCUT2D eigenvalue weighted by Crippen LogP contribution is -2.10. The van der Waals surface area contributed by atoms with Crippen molar-refractivity contribution in [3.63, 3.8) is 0 Å². The highest BCUT2D eigenvalue weighted by molar-refractivity contribution is 5.68. The molecule has 0 fully saturated rings. The Balaban J connectivity index is 2.28. The fourth-order valence-electron chi connectivity index (χ4n) is 1.61. The van der Waals surface area contributed by atoms with E-state index in [1.807, 2.05) is 6.92 Å². The lowest BCUT2D eigenvalue weighted by molar-refractivity contribution is -0.139. The summed E-state index contributed by atoms with van der Waals surface area (Å²) >= 11 is 0. The number of aliphatic carboxylic acids is 1. The molecule has 0 aliphatic heterocycles. The number of hydrogen-bond acceptors (Lipinski definition) is 5. The maximum Gasteiger partial charge on any atom is 0.341 e. The van der Waals surface area contributed by atoms with Crippen LogP contribution in [0.1, 0.15) is 11.3 Å². The molecule has 0 amide bonds. The number of ether oxygens (including phenoxy) is 1. The topological polar surface area (TPSA) is 96.1 Å². The van der Waals surface area contributed by atoms with Gasteiger partial charge < -0.3 is 9.84 Å². The molecule has 0 spiro atoms. The van der Waals surface area contributed by atoms with Crippen molar-refractivity contribution in [3.8, 4) is 23.2 Å². The smallest absolute Gasteiger partial charge is 0.341 e. The van der Waals surface area contributed by atoms with Gasteiger partial charge in [0.15, 0.2) is 6.61 Å². The van der Waals surface area contributed by atoms with Gasteiger partial charge in [0.1, 0.15) is 6.07 Å². The lowest BCUT2D eigenvalue weighted by atomic mass is 10.1. The van der Waals surface area contributed by atoms with Gasteiger partial charge in [0.2, 0.25) is 5.88 Å². The van der Waals surface area contributed by atoms with Crippen molar-refractivity contribution in [2.75, 3.05) is 6.61 Å². The Morgan fingerprint density at radius 1 is 1.40 bits per heavy atom. The molecule has 0 aromatic carbocycles. The first kappa shape index (κ1) is 13.5. The van der Waals surface area contributed by atoms with Crippen molar-refractivity contribution in [2.24, 2.45) is 0 Å². The van der Waals surface area contributed by atoms with Gasteiger partial charge in [0.05, 0.1) is 11.3 Å². The second-order valence-electron chi connectivity index (χ2n) is 4.03. The predicted octanol–water partition coefficient (Wildman–Crippen LogP) is 1.79. The molecule has 2 aromatic heterocycles. The van der Waals surface area contributed by atoms with Crippen molar-refractivity contribution < 1.29 is 14.6 Å². The van der Waals surface area contributed by atoms with Crippen LogP contribution in [0, 0.1) is 18.3 Å². The van der Waals surface area contributed by atoms with Crippen LogP contribution in [0.3, 0.4) is 0 Å². The number of nitrogens with zero attached hydrogens (tertiary/aromatic N) is 3. The van der Waals surface area contributed by atoms with Gasteiger partial charge in [0, 0.05) is 23.5 Å². The third-order valence-corrected chi connectivity index (χ3v) is 2.51. The summed E-state index contributed by atoms with van der Waals surface area (Å²) in [4.78, 5) is 18.7. The van der Waals surface area contributed by atoms with E-state index in [1.54, 1.807) is 24.3 Å². The number of rotatable bonds is 4. The first-order valence-electron chi connectivity index (χ1n) is 5.79. The fraction of sp³-hybridized carbons (Fsp3) is 0.143. The van der Waals surface area contributed by atoms with E-state index in [-0.39, 0.29) is 5.88 Å². The van der Waals surface area contributed by atoms with E-state index in [0.717, 1.165) is 5.69 Å². The maximum absolute atomic E-state index is 10.4. The van der Waals surface area contributed by atoms with Gasteiger partial charge in [-0.1, -0.05) is 0 Å². The molecule has 2 heterocycles. The van der Waals surface area contributed by atoms with Crippen LogP contribution < -0.4 is 4.74 Å². The maximum atomic E-state index is 10.4. The van der Waals surface area contributed by atoms with Crippen molar-refractivity contribution >= 4 is 5.97 Å². The number of pyridine rings is 2. The van der Waals surface area contributed by atoms with Gasteiger partial charge in [-0.3, -0.25) is 4.98 Å². The fourth-order valence-corrected chi connectivity index (χ4v) is 1.61. The predicted molar refractivity (Wildman–Crippen MR) is 70.1 cm³/mol. The molecule has 6 heteroatoms. The zero-order chi connectivity index (χ0) is 14.5. The summed E-state index contributed by atoms with van der Waals surface area (Å²) in [5, 5.41) is 17.6. The molecular weight excluding hydrogens is 258 g/mol. The molecular formula is C14H11N3O3. The summed E-state index contributed by atoms with van der Waals surface area (Å²) in [5.41, 5.74) is 2.47. The van der Waals surface area contributed by atoms with Gasteiger partial charge >= 0.3 is 5.97 Å². The number of carbonyl (C=O) groups is 1. The van der Waals surface area contributed by atoms with E-state index < -0.39 is 12.6 Å². The summed E-state index contributed by atoms with van der Waals surface area (Å²) < 4.78 is 4.94. The third kappa shape index (κ3) is 3.09. The van der Waals surface area contributed by atoms with Gasteiger partial charge in [-0.05, 0) is 25.1 Å². The summed E-state index contributed by atoms with van der Waals surface area (Å²) in [6.45, 7) is 1.39. The molecule has 2 rings (SSSR count). The van der Waals surface area contributed by atoms with Crippen LogP contribution in [-0.2, 0) is 4.79 Å². The van der Waals surface area contributed by atoms with Gasteiger partial charge in [0.25, 0.3) is 0 Å². The van der Waals surface area contributed by atoms with Crippen LogP contribution in [0.25, 0.3) is 11.3 Å². The van der Waals surface area contributed by atoms with Crippen LogP contribution in [0.15, 0.2) is 30.5 Å². The normalized spacial score (nSPS) is 9.80. The Kier molecular flexibility index (Phi) is 3.91. The summed E-state index contributed by atoms with van der Waals surface area (Å²) in [6, 6.07) is 8.77. The van der Waals surface area contributed by atoms with E-state index in [2.05, 4.69) is 16.0 Å². The number of hydrogen-bond donors (Lipinski definition) is 1. The molecule has 0 aliphatic rings. The molecule has 20 heavy (non-hydrogen) atoms. The van der Waals surface area contributed by atoms with E-state index >= 15 is 0 Å². The average Bonchev–Trinajstić information content (AvgIpc) is 2.45. The highest BCUT2D eigenvalue weighted by atomic mass is 16.5. The summed E-state index contributed by atoms with van der Waals surface area (Å²) in [7, 11) is 0. The zero-order valence-corrected chi connectivity index (χ0v) is 10.7. The minimum atomic E-state index is -1.07. The van der Waals surface area contributed by atoms with Gasteiger partial charge in [-0.15, -0.1) is 0 Å². The standard InChI is InChI=1S/C14H11N3O3/c1-9-2-3-10(6-15)14(17-9)11-4-5-12(16-7-11)20-8-13(18)19/h2-5,7H,8H2,1H3,(H,18,19). The van der Waals surface area contributed by atoms with Crippen molar-refractivity contribution in [2.45, 2.75) is 6.92 Å². The largest absolute Gasteiger partial charge is 0.479 e. The number of nitriles is 1. The lowest BCUT2D eigenvalue weighted by Gasteiger charge is -2.06. The molecule has 100 valence electrons. The highest BCUT2D eigenvalue weighted by Gasteiger charge is 2.08. The third-order valence-electron chi connectivity index (χ3n) is 2.51. The van der Waals surface area contributed by atoms with Gasteiger partial charge in [-0.2, -0.15) is 5.26 Å². The zero-order valence-electron chi connectivity index (χ0n) is 10.7. The second-order valence-corrected chi connectivity index (χ2v) is 4.03. The molecule has 2 aromatic rings. The number of aromatic nitrogens is 2. The molecule has 0 atom stereocenters. The van der Waals surface area contributed by atoms with Crippen LogP contribution in [-0.4, -0.2) is 27.7 Å². The minimum Gasteiger partial charge on any atom is -0.479 e. The van der Waals surface area contributed by atoms with Gasteiger partial charge in [-0.25, -0.2) is 9.78 Å². The minimum absolute atomic E-state index is 0.210. The molecule has 1 N–H and O–H groups in total. The summed E-state index contributed by atoms with van der Waals surface area (Å²) in [5.74, 6) is -0.856. The van der Waals surface area contributed by atoms with E-state index in [1.165, 1.54) is 6.20 Å². The number of carboxylic acid groups (broad SMARTS) is 1. The van der Waals surface area contributed by atoms with E-state index in [0.29, 0.717) is 16.8 Å². The number of carboxylic acids is 1. The molecule has 0 bridgehead atoms. The van der Waals surface area contributed by atoms with Crippen molar-refractivity contribution in [1.29, 1.82) is 5.26 Å². The average molecular weight is 269 g/mol. The molecule has 0 unspecified atom stereocenters. The SMILES string of the molecule is Cc1ccc(C#N)c(-c2ccc(OCC(=O)O)nc2)n1. The Bertz CT molecular complexity index is 675. The molecule has 0 saturated carbocycles. The highest BCUT2D eigenvalue weighted by Crippen LogP contribution is 2.22. The van der Waals surface area contributed by atoms with E-state index in [9.17, 15) is 4.79 Å². The first-order valence-corrected chi connectivity index (χ1v) is 5.79. The van der Waals surface area contributed by atoms with Crippen LogP contribution in [0.5, 0.6) is 5.88 Å². The monoisotopic (exact) mass is 269 g/mol. The quantitative estimate of drug-likeness (QED) is 0.908. The van der Waals surface area contributed by atoms with Crippen molar-refractivity contribution in [3.05, 3.63) is 41.7 Å². The molecule has 0 radical (unpaired) electrons. The van der Waals surface area contributed by atoms with E-state index in [4.69, 9.17) is 15.1 Å². The number of aryl methyl sites for hydroxylation is 1. The van der Waals surface area contributed by atoms with Crippen LogP contribution in [0.2, 0.25) is 0 Å². The first-order chi connectivity index (χ1) is 9.60. The molecule has 0 saturated heterocycles.